The zero-order valence-corrected chi connectivity index (χ0v) is 24.4. The number of hydrogen-bond donors (Lipinski definition) is 2. The van der Waals surface area contributed by atoms with Crippen molar-refractivity contribution in [2.45, 2.75) is 43.3 Å². The molecule has 6 rings (SSSR count). The number of aromatic nitrogens is 4. The number of benzene rings is 1. The molecule has 9 nitrogen and oxygen atoms in total. The molecule has 0 amide bonds. The average Bonchev–Trinajstić information content (AvgIpc) is 3.41. The molecule has 0 saturated carbocycles. The number of thiol groups is 1. The Kier molecular flexibility index (Phi) is 7.66. The van der Waals surface area contributed by atoms with Gasteiger partial charge < -0.3 is 10.6 Å². The number of rotatable bonds is 9. The molecule has 0 radical (unpaired) electrons. The van der Waals surface area contributed by atoms with Crippen LogP contribution in [0.3, 0.4) is 0 Å². The van der Waals surface area contributed by atoms with Gasteiger partial charge in [-0.3, -0.25) is 19.1 Å². The van der Waals surface area contributed by atoms with Gasteiger partial charge in [0.1, 0.15) is 22.8 Å². The van der Waals surface area contributed by atoms with Crippen LogP contribution in [-0.2, 0) is 0 Å². The Morgan fingerprint density at radius 2 is 1.83 bits per heavy atom. The van der Waals surface area contributed by atoms with E-state index in [0.717, 1.165) is 53.9 Å². The third-order valence-corrected chi connectivity index (χ3v) is 8.63. The summed E-state index contributed by atoms with van der Waals surface area (Å²) in [7, 11) is 0. The van der Waals surface area contributed by atoms with E-state index in [1.165, 1.54) is 0 Å². The Balaban J connectivity index is 1.40. The van der Waals surface area contributed by atoms with Crippen LogP contribution in [0.2, 0.25) is 0 Å². The van der Waals surface area contributed by atoms with Crippen LogP contribution in [0.5, 0.6) is 0 Å². The summed E-state index contributed by atoms with van der Waals surface area (Å²) in [5, 5.41) is 0. The summed E-state index contributed by atoms with van der Waals surface area (Å²) in [6, 6.07) is 18.0. The van der Waals surface area contributed by atoms with Crippen LogP contribution < -0.4 is 21.5 Å². The van der Waals surface area contributed by atoms with Crippen LogP contribution in [0.1, 0.15) is 32.4 Å². The van der Waals surface area contributed by atoms with Crippen molar-refractivity contribution in [2.75, 3.05) is 30.3 Å². The monoisotopic (exact) mass is 579 g/mol. The van der Waals surface area contributed by atoms with Gasteiger partial charge in [0.15, 0.2) is 5.65 Å². The van der Waals surface area contributed by atoms with E-state index in [1.807, 2.05) is 72.5 Å². The molecule has 1 aliphatic rings. The molecule has 0 spiro atoms. The molecule has 0 aliphatic carbocycles. The van der Waals surface area contributed by atoms with Gasteiger partial charge in [-0.05, 0) is 50.5 Å². The first-order valence-electron chi connectivity index (χ1n) is 14.2. The minimum absolute atomic E-state index is 0.122. The Labute approximate surface area is 249 Å². The summed E-state index contributed by atoms with van der Waals surface area (Å²) in [5.41, 5.74) is 10.1. The molecule has 1 unspecified atom stereocenters. The van der Waals surface area contributed by atoms with Crippen molar-refractivity contribution in [2.24, 2.45) is 0 Å². The van der Waals surface area contributed by atoms with Crippen molar-refractivity contribution in [3.63, 3.8) is 0 Å². The van der Waals surface area contributed by atoms with E-state index in [2.05, 4.69) is 33.7 Å². The van der Waals surface area contributed by atoms with Gasteiger partial charge in [-0.25, -0.2) is 15.0 Å². The van der Waals surface area contributed by atoms with Crippen molar-refractivity contribution in [3.05, 3.63) is 93.9 Å². The molecule has 2 aromatic carbocycles. The minimum Gasteiger partial charge on any atom is -0.383 e. The molecule has 0 bridgehead atoms. The first-order chi connectivity index (χ1) is 20.4. The fourth-order valence-electron chi connectivity index (χ4n) is 6.12. The van der Waals surface area contributed by atoms with Gasteiger partial charge in [0.2, 0.25) is 5.43 Å². The lowest BCUT2D eigenvalue weighted by atomic mass is 10.00. The molecule has 1 aliphatic heterocycles. The van der Waals surface area contributed by atoms with Crippen molar-refractivity contribution in [1.82, 2.24) is 24.4 Å². The van der Waals surface area contributed by atoms with Crippen LogP contribution in [0.15, 0.2) is 87.9 Å². The Bertz CT molecular complexity index is 1820. The molecule has 1 saturated heterocycles. The predicted molar refractivity (Wildman–Crippen MR) is 171 cm³/mol. The number of anilines is 2. The van der Waals surface area contributed by atoms with Crippen LogP contribution in [0, 0.1) is 0 Å². The topological polar surface area (TPSA) is 110 Å². The summed E-state index contributed by atoms with van der Waals surface area (Å²) in [6.45, 7) is 8.28. The maximum absolute atomic E-state index is 12.3. The van der Waals surface area contributed by atoms with Crippen molar-refractivity contribution in [3.8, 4) is 22.6 Å². The maximum Gasteiger partial charge on any atom is 0.251 e. The number of fused-ring (bicyclic) bond motifs is 1. The number of nitrogens with zero attached hydrogens (tertiary/aromatic N) is 6. The first kappa shape index (κ1) is 27.9. The van der Waals surface area contributed by atoms with Gasteiger partial charge in [0.05, 0.1) is 22.3 Å². The third-order valence-electron chi connectivity index (χ3n) is 8.21. The van der Waals surface area contributed by atoms with Gasteiger partial charge in [0, 0.05) is 37.4 Å². The van der Waals surface area contributed by atoms with Crippen molar-refractivity contribution in [1.29, 1.82) is 0 Å². The summed E-state index contributed by atoms with van der Waals surface area (Å²) in [4.78, 5) is 43.4. The molecular formula is C32H33N7O2S. The number of piperidine rings is 1. The molecule has 1 atom stereocenters. The highest BCUT2D eigenvalue weighted by atomic mass is 32.1. The molecular weight excluding hydrogens is 546 g/mol. The molecule has 42 heavy (non-hydrogen) atoms. The number of nitrogen functional groups attached to an aromatic ring is 1. The Morgan fingerprint density at radius 3 is 2.50 bits per heavy atom. The van der Waals surface area contributed by atoms with E-state index < -0.39 is 10.9 Å². The highest BCUT2D eigenvalue weighted by Crippen LogP contribution is 2.36. The van der Waals surface area contributed by atoms with Crippen LogP contribution >= 0.6 is 12.6 Å². The molecule has 10 heteroatoms. The van der Waals surface area contributed by atoms with Crippen LogP contribution in [-0.4, -0.2) is 50.1 Å². The molecule has 5 aromatic rings. The van der Waals surface area contributed by atoms with Gasteiger partial charge in [-0.2, -0.15) is 0 Å². The number of imidazole rings is 1. The normalized spacial score (nSPS) is 15.3. The zero-order chi connectivity index (χ0) is 29.4. The lowest BCUT2D eigenvalue weighted by Gasteiger charge is -2.42. The van der Waals surface area contributed by atoms with Crippen LogP contribution in [0.25, 0.3) is 33.8 Å². The number of pyridine rings is 2. The van der Waals surface area contributed by atoms with E-state index in [0.29, 0.717) is 30.3 Å². The summed E-state index contributed by atoms with van der Waals surface area (Å²) >= 11 is 4.30. The number of nitrogens with two attached hydrogens (primary N) is 1. The molecule has 4 heterocycles. The van der Waals surface area contributed by atoms with Gasteiger partial charge in [-0.15, -0.1) is 19.2 Å². The quantitative estimate of drug-likeness (QED) is 0.147. The predicted octanol–water partition coefficient (Wildman–Crippen LogP) is 4.69. The summed E-state index contributed by atoms with van der Waals surface area (Å²) in [6.07, 6.45) is 5.80. The van der Waals surface area contributed by atoms with Gasteiger partial charge in [0.25, 0.3) is 5.43 Å². The van der Waals surface area contributed by atoms with E-state index in [-0.39, 0.29) is 17.1 Å². The lowest BCUT2D eigenvalue weighted by Crippen LogP contribution is -2.51. The second-order valence-electron chi connectivity index (χ2n) is 10.6. The highest BCUT2D eigenvalue weighted by molar-refractivity contribution is 7.80. The first-order valence-corrected chi connectivity index (χ1v) is 14.7. The minimum atomic E-state index is -0.494. The van der Waals surface area contributed by atoms with Crippen molar-refractivity contribution >= 4 is 35.3 Å². The Morgan fingerprint density at radius 1 is 1.07 bits per heavy atom. The van der Waals surface area contributed by atoms with Gasteiger partial charge in [-0.1, -0.05) is 36.4 Å². The average molecular weight is 580 g/mol. The third kappa shape index (κ3) is 4.80. The zero-order valence-electron chi connectivity index (χ0n) is 23.5. The van der Waals surface area contributed by atoms with Crippen LogP contribution in [0.4, 0.5) is 11.5 Å². The lowest BCUT2D eigenvalue weighted by molar-refractivity contribution is 0.109. The van der Waals surface area contributed by atoms with E-state index in [1.54, 1.807) is 6.20 Å². The second kappa shape index (κ2) is 11.5. The van der Waals surface area contributed by atoms with Gasteiger partial charge >= 0.3 is 0 Å². The smallest absolute Gasteiger partial charge is 0.251 e. The fraction of sp³-hybridized carbons (Fsp3) is 0.281. The molecule has 1 fully saturated rings. The molecule has 3 aromatic heterocycles. The second-order valence-corrected chi connectivity index (χ2v) is 11.0. The molecule has 214 valence electrons. The fourth-order valence-corrected chi connectivity index (χ4v) is 6.45. The molecule has 2 N–H and O–H groups in total. The van der Waals surface area contributed by atoms with E-state index in [9.17, 15) is 9.59 Å². The standard InChI is InChI=1S/C32H33N7O2S/c1-3-9-25(37-18-15-21(16-19-37)38(4-2)26-27(40)28(41)29(26)42)39-31(22-12-8-17-34-30(22)33)36-24-14-13-23(35-32(24)39)20-10-6-5-7-11-20/h3,5-8,10-14,17,21,25,42H,1,4,9,15-16,18-19H2,2H3,(H2,33,34). The summed E-state index contributed by atoms with van der Waals surface area (Å²) < 4.78 is 2.18. The van der Waals surface area contributed by atoms with E-state index in [4.69, 9.17) is 15.7 Å². The largest absolute Gasteiger partial charge is 0.383 e. The SMILES string of the molecule is C=CCC(N1CCC(N(CC)c2c(S)c(=O)c2=O)CC1)n1c(-c2cccnc2N)nc2ccc(-c3ccccc3)nc21. The number of hydrogen-bond acceptors (Lipinski definition) is 9. The Hall–Kier alpha value is -4.28. The van der Waals surface area contributed by atoms with E-state index >= 15 is 0 Å². The maximum atomic E-state index is 12.3. The number of likely N-dealkylation sites (tertiary alicyclic amines) is 1. The highest BCUT2D eigenvalue weighted by Gasteiger charge is 2.34. The van der Waals surface area contributed by atoms with Crippen molar-refractivity contribution < 1.29 is 0 Å². The summed E-state index contributed by atoms with van der Waals surface area (Å²) in [5.74, 6) is 1.11.